The number of carbonyl (C=O) groups is 2. The van der Waals surface area contributed by atoms with E-state index in [2.05, 4.69) is 20.6 Å². The normalized spacial score (nSPS) is 11.2. The lowest BCUT2D eigenvalue weighted by atomic mass is 10.1. The van der Waals surface area contributed by atoms with Gasteiger partial charge in [0.15, 0.2) is 0 Å². The lowest BCUT2D eigenvalue weighted by Crippen LogP contribution is -2.21. The average Bonchev–Trinajstić information content (AvgIpc) is 2.74. The van der Waals surface area contributed by atoms with Crippen LogP contribution in [0.1, 0.15) is 26.3 Å². The van der Waals surface area contributed by atoms with Crippen LogP contribution < -0.4 is 15.5 Å². The Balaban J connectivity index is 1.71. The van der Waals surface area contributed by atoms with Gasteiger partial charge >= 0.3 is 6.36 Å². The van der Waals surface area contributed by atoms with Crippen LogP contribution in [0.25, 0.3) is 0 Å². The van der Waals surface area contributed by atoms with Gasteiger partial charge in [0.25, 0.3) is 11.8 Å². The second-order valence-corrected chi connectivity index (χ2v) is 6.33. The first-order valence-electron chi connectivity index (χ1n) is 9.06. The van der Waals surface area contributed by atoms with Gasteiger partial charge in [0.05, 0.1) is 17.5 Å². The highest BCUT2D eigenvalue weighted by Crippen LogP contribution is 2.24. The average molecular weight is 445 g/mol. The molecule has 0 bridgehead atoms. The van der Waals surface area contributed by atoms with Gasteiger partial charge in [-0.2, -0.15) is 5.10 Å². The number of para-hydroxylation sites is 1. The molecule has 32 heavy (non-hydrogen) atoms. The summed E-state index contributed by atoms with van der Waals surface area (Å²) >= 11 is 0. The molecule has 0 heterocycles. The van der Waals surface area contributed by atoms with Gasteiger partial charge in [0.1, 0.15) is 11.6 Å². The first-order chi connectivity index (χ1) is 15.2. The monoisotopic (exact) mass is 445 g/mol. The van der Waals surface area contributed by atoms with E-state index < -0.39 is 29.7 Å². The Kier molecular flexibility index (Phi) is 6.83. The molecule has 0 atom stereocenters. The molecule has 0 saturated heterocycles. The number of nitrogens with one attached hydrogen (secondary N) is 2. The molecule has 164 valence electrons. The maximum atomic E-state index is 12.9. The fourth-order valence-corrected chi connectivity index (χ4v) is 2.59. The molecule has 0 aliphatic heterocycles. The van der Waals surface area contributed by atoms with E-state index in [1.807, 2.05) is 0 Å². The minimum atomic E-state index is -4.89. The molecule has 2 amide bonds. The number of hydrogen-bond acceptors (Lipinski definition) is 4. The van der Waals surface area contributed by atoms with E-state index in [-0.39, 0.29) is 16.8 Å². The summed E-state index contributed by atoms with van der Waals surface area (Å²) in [4.78, 5) is 25.0. The van der Waals surface area contributed by atoms with Crippen LogP contribution in [0.3, 0.4) is 0 Å². The predicted molar refractivity (Wildman–Crippen MR) is 109 cm³/mol. The van der Waals surface area contributed by atoms with Gasteiger partial charge in [-0.15, -0.1) is 13.2 Å². The Morgan fingerprint density at radius 2 is 1.62 bits per heavy atom. The van der Waals surface area contributed by atoms with Crippen molar-refractivity contribution in [3.8, 4) is 5.75 Å². The Morgan fingerprint density at radius 3 is 2.34 bits per heavy atom. The number of amides is 2. The Bertz CT molecular complexity index is 1150. The van der Waals surface area contributed by atoms with Crippen molar-refractivity contribution in [3.05, 3.63) is 95.3 Å². The van der Waals surface area contributed by atoms with Gasteiger partial charge in [-0.1, -0.05) is 30.3 Å². The summed E-state index contributed by atoms with van der Waals surface area (Å²) in [6.45, 7) is 0. The molecule has 0 radical (unpaired) electrons. The molecule has 10 heteroatoms. The molecular weight excluding hydrogens is 430 g/mol. The zero-order valence-electron chi connectivity index (χ0n) is 16.2. The van der Waals surface area contributed by atoms with E-state index in [1.165, 1.54) is 54.7 Å². The highest BCUT2D eigenvalue weighted by Gasteiger charge is 2.31. The van der Waals surface area contributed by atoms with E-state index >= 15 is 0 Å². The van der Waals surface area contributed by atoms with Crippen LogP contribution in [0.4, 0.5) is 23.2 Å². The van der Waals surface area contributed by atoms with Crippen molar-refractivity contribution in [1.82, 2.24) is 5.43 Å². The molecular formula is C22H15F4N3O3. The molecule has 0 aliphatic rings. The SMILES string of the molecule is O=C(Nc1ccccc1C(=O)N/N=C/c1ccc(F)cc1)c1cccc(OC(F)(F)F)c1. The van der Waals surface area contributed by atoms with Crippen LogP contribution in [-0.2, 0) is 0 Å². The minimum Gasteiger partial charge on any atom is -0.406 e. The molecule has 0 saturated carbocycles. The Labute approximate surface area is 179 Å². The van der Waals surface area contributed by atoms with Crippen LogP contribution in [0.2, 0.25) is 0 Å². The third-order valence-electron chi connectivity index (χ3n) is 4.00. The lowest BCUT2D eigenvalue weighted by molar-refractivity contribution is -0.274. The fraction of sp³-hybridized carbons (Fsp3) is 0.0455. The number of halogens is 4. The van der Waals surface area contributed by atoms with Crippen LogP contribution in [0.5, 0.6) is 5.75 Å². The number of anilines is 1. The lowest BCUT2D eigenvalue weighted by Gasteiger charge is -2.12. The van der Waals surface area contributed by atoms with Crippen molar-refractivity contribution in [1.29, 1.82) is 0 Å². The fourth-order valence-electron chi connectivity index (χ4n) is 2.59. The Morgan fingerprint density at radius 1 is 0.906 bits per heavy atom. The van der Waals surface area contributed by atoms with Crippen molar-refractivity contribution < 1.29 is 31.9 Å². The first kappa shape index (κ1) is 22.5. The minimum absolute atomic E-state index is 0.0693. The molecule has 3 aromatic carbocycles. The van der Waals surface area contributed by atoms with Crippen molar-refractivity contribution in [2.24, 2.45) is 5.10 Å². The van der Waals surface area contributed by atoms with Gasteiger partial charge in [0, 0.05) is 5.56 Å². The van der Waals surface area contributed by atoms with Gasteiger partial charge < -0.3 is 10.1 Å². The molecule has 0 aliphatic carbocycles. The topological polar surface area (TPSA) is 79.8 Å². The molecule has 0 fully saturated rings. The van der Waals surface area contributed by atoms with Crippen molar-refractivity contribution >= 4 is 23.7 Å². The highest BCUT2D eigenvalue weighted by molar-refractivity contribution is 6.09. The number of hydrogen-bond donors (Lipinski definition) is 2. The van der Waals surface area contributed by atoms with E-state index in [0.717, 1.165) is 12.1 Å². The third kappa shape index (κ3) is 6.39. The van der Waals surface area contributed by atoms with Crippen LogP contribution >= 0.6 is 0 Å². The number of hydrazone groups is 1. The van der Waals surface area contributed by atoms with Crippen molar-refractivity contribution in [3.63, 3.8) is 0 Å². The maximum absolute atomic E-state index is 12.9. The van der Waals surface area contributed by atoms with Crippen LogP contribution in [0, 0.1) is 5.82 Å². The standard InChI is InChI=1S/C22H15F4N3O3/c23-16-10-8-14(9-11-16)13-27-29-21(31)18-6-1-2-7-19(18)28-20(30)15-4-3-5-17(12-15)32-22(24,25)26/h1-13H,(H,28,30)(H,29,31)/b27-13+. The summed E-state index contributed by atoms with van der Waals surface area (Å²) in [6.07, 6.45) is -3.58. The van der Waals surface area contributed by atoms with Gasteiger partial charge in [-0.3, -0.25) is 9.59 Å². The maximum Gasteiger partial charge on any atom is 0.573 e. The van der Waals surface area contributed by atoms with Gasteiger partial charge in [0.2, 0.25) is 0 Å². The number of nitrogens with zero attached hydrogens (tertiary/aromatic N) is 1. The third-order valence-corrected chi connectivity index (χ3v) is 4.00. The second kappa shape index (κ2) is 9.73. The summed E-state index contributed by atoms with van der Waals surface area (Å²) in [5, 5.41) is 6.27. The quantitative estimate of drug-likeness (QED) is 0.327. The van der Waals surface area contributed by atoms with Crippen LogP contribution in [0.15, 0.2) is 77.9 Å². The zero-order chi connectivity index (χ0) is 23.1. The van der Waals surface area contributed by atoms with Crippen molar-refractivity contribution in [2.75, 3.05) is 5.32 Å². The molecule has 3 aromatic rings. The molecule has 0 spiro atoms. The number of benzene rings is 3. The molecule has 3 rings (SSSR count). The van der Waals surface area contributed by atoms with Gasteiger partial charge in [-0.05, 0) is 48.0 Å². The van der Waals surface area contributed by atoms with Gasteiger partial charge in [-0.25, -0.2) is 9.82 Å². The summed E-state index contributed by atoms with van der Waals surface area (Å²) in [6, 6.07) is 15.9. The molecule has 0 aromatic heterocycles. The first-order valence-corrected chi connectivity index (χ1v) is 9.06. The predicted octanol–water partition coefficient (Wildman–Crippen LogP) is 4.74. The number of rotatable bonds is 6. The van der Waals surface area contributed by atoms with Crippen molar-refractivity contribution in [2.45, 2.75) is 6.36 Å². The molecule has 2 N–H and O–H groups in total. The van der Waals surface area contributed by atoms with Crippen LogP contribution in [-0.4, -0.2) is 24.4 Å². The van der Waals surface area contributed by atoms with E-state index in [4.69, 9.17) is 0 Å². The smallest absolute Gasteiger partial charge is 0.406 e. The second-order valence-electron chi connectivity index (χ2n) is 6.33. The van der Waals surface area contributed by atoms with E-state index in [0.29, 0.717) is 5.56 Å². The summed E-state index contributed by atoms with van der Waals surface area (Å²) in [5.41, 5.74) is 2.93. The summed E-state index contributed by atoms with van der Waals surface area (Å²) in [5.74, 6) is -2.35. The molecule has 6 nitrogen and oxygen atoms in total. The number of ether oxygens (including phenoxy) is 1. The van der Waals surface area contributed by atoms with E-state index in [1.54, 1.807) is 12.1 Å². The zero-order valence-corrected chi connectivity index (χ0v) is 16.2. The highest BCUT2D eigenvalue weighted by atomic mass is 19.4. The number of alkyl halides is 3. The summed E-state index contributed by atoms with van der Waals surface area (Å²) < 4.78 is 53.9. The Hall–Kier alpha value is -4.21. The molecule has 0 unspecified atom stereocenters. The largest absolute Gasteiger partial charge is 0.573 e. The van der Waals surface area contributed by atoms with E-state index in [9.17, 15) is 27.2 Å². The summed E-state index contributed by atoms with van der Waals surface area (Å²) in [7, 11) is 0. The number of carbonyl (C=O) groups excluding carboxylic acids is 2.